The van der Waals surface area contributed by atoms with E-state index in [9.17, 15) is 9.59 Å². The number of hydrogen-bond acceptors (Lipinski definition) is 5. The predicted molar refractivity (Wildman–Crippen MR) is 136 cm³/mol. The Morgan fingerprint density at radius 1 is 0.857 bits per heavy atom. The van der Waals surface area contributed by atoms with E-state index in [4.69, 9.17) is 14.2 Å². The average Bonchev–Trinajstić information content (AvgIpc) is 2.82. The van der Waals surface area contributed by atoms with Gasteiger partial charge in [0.1, 0.15) is 11.4 Å². The summed E-state index contributed by atoms with van der Waals surface area (Å²) in [5.74, 6) is 6.00. The molecule has 0 unspecified atom stereocenters. The number of hydrogen-bond donors (Lipinski definition) is 0. The minimum absolute atomic E-state index is 0.0859. The molecule has 35 heavy (non-hydrogen) atoms. The molecule has 3 rings (SSSR count). The minimum atomic E-state index is -0.573. The van der Waals surface area contributed by atoms with Gasteiger partial charge < -0.3 is 14.2 Å². The Labute approximate surface area is 206 Å². The first kappa shape index (κ1) is 25.4. The first-order valence-electron chi connectivity index (χ1n) is 11.2. The second-order valence-corrected chi connectivity index (χ2v) is 8.67. The van der Waals surface area contributed by atoms with Crippen LogP contribution in [-0.4, -0.2) is 30.9 Å². The number of nitrogens with zero attached hydrogens (tertiary/aromatic N) is 1. The molecular formula is C29H29NO5. The molecule has 0 aliphatic rings. The molecule has 0 heterocycles. The van der Waals surface area contributed by atoms with Crippen molar-refractivity contribution in [2.75, 3.05) is 18.1 Å². The van der Waals surface area contributed by atoms with Crippen LogP contribution < -0.4 is 9.64 Å². The lowest BCUT2D eigenvalue weighted by Gasteiger charge is -2.21. The Balaban J connectivity index is 1.64. The highest BCUT2D eigenvalue weighted by atomic mass is 16.6. The average molecular weight is 472 g/mol. The third-order valence-corrected chi connectivity index (χ3v) is 4.75. The first-order chi connectivity index (χ1) is 16.7. The van der Waals surface area contributed by atoms with Crippen LogP contribution in [0.5, 0.6) is 5.75 Å². The zero-order chi connectivity index (χ0) is 25.3. The van der Waals surface area contributed by atoms with Crippen molar-refractivity contribution >= 4 is 23.4 Å². The third kappa shape index (κ3) is 7.65. The van der Waals surface area contributed by atoms with Crippen LogP contribution in [0.25, 0.3) is 0 Å². The molecular weight excluding hydrogens is 442 g/mol. The van der Waals surface area contributed by atoms with Gasteiger partial charge in [0.25, 0.3) is 0 Å². The topological polar surface area (TPSA) is 65.1 Å². The van der Waals surface area contributed by atoms with Gasteiger partial charge in [0, 0.05) is 11.1 Å². The molecule has 0 saturated heterocycles. The summed E-state index contributed by atoms with van der Waals surface area (Å²) >= 11 is 0. The smallest absolute Gasteiger partial charge is 0.419 e. The van der Waals surface area contributed by atoms with E-state index < -0.39 is 17.7 Å². The highest BCUT2D eigenvalue weighted by Gasteiger charge is 2.19. The maximum atomic E-state index is 12.9. The van der Waals surface area contributed by atoms with Crippen LogP contribution in [0.1, 0.15) is 31.9 Å². The number of rotatable bonds is 6. The lowest BCUT2D eigenvalue weighted by molar-refractivity contribution is -0.157. The van der Waals surface area contributed by atoms with Crippen molar-refractivity contribution in [2.24, 2.45) is 0 Å². The number of ether oxygens (including phenoxy) is 3. The number of anilines is 2. The Bertz CT molecular complexity index is 1170. The molecule has 3 aromatic carbocycles. The number of benzene rings is 3. The van der Waals surface area contributed by atoms with Gasteiger partial charge in [-0.3, -0.25) is 0 Å². The fourth-order valence-corrected chi connectivity index (χ4v) is 3.22. The molecule has 0 aliphatic heterocycles. The summed E-state index contributed by atoms with van der Waals surface area (Å²) in [5, 5.41) is 0. The Hall–Kier alpha value is -4.24. The zero-order valence-electron chi connectivity index (χ0n) is 20.4. The zero-order valence-corrected chi connectivity index (χ0v) is 20.4. The van der Waals surface area contributed by atoms with Gasteiger partial charge in [-0.25, -0.2) is 14.5 Å². The van der Waals surface area contributed by atoms with Gasteiger partial charge in [0.05, 0.1) is 11.4 Å². The van der Waals surface area contributed by atoms with Crippen LogP contribution in [0, 0.1) is 18.8 Å². The maximum Gasteiger partial charge on any atom is 0.419 e. The van der Waals surface area contributed by atoms with Crippen molar-refractivity contribution in [3.8, 4) is 17.6 Å². The molecule has 0 aromatic heterocycles. The monoisotopic (exact) mass is 471 g/mol. The Kier molecular flexibility index (Phi) is 8.53. The predicted octanol–water partition coefficient (Wildman–Crippen LogP) is 6.04. The van der Waals surface area contributed by atoms with Crippen LogP contribution >= 0.6 is 0 Å². The molecule has 1 amide bonds. The van der Waals surface area contributed by atoms with Gasteiger partial charge in [-0.2, -0.15) is 0 Å². The Morgan fingerprint density at radius 3 is 2.03 bits per heavy atom. The molecule has 0 aliphatic carbocycles. The molecule has 0 bridgehead atoms. The summed E-state index contributed by atoms with van der Waals surface area (Å²) in [5.41, 5.74) is 2.32. The second-order valence-electron chi connectivity index (χ2n) is 8.67. The number of amides is 1. The molecule has 0 radical (unpaired) electrons. The van der Waals surface area contributed by atoms with Crippen molar-refractivity contribution in [1.29, 1.82) is 0 Å². The van der Waals surface area contributed by atoms with Gasteiger partial charge >= 0.3 is 12.1 Å². The summed E-state index contributed by atoms with van der Waals surface area (Å²) in [6, 6.07) is 24.0. The molecule has 180 valence electrons. The van der Waals surface area contributed by atoms with E-state index in [0.29, 0.717) is 22.7 Å². The summed E-state index contributed by atoms with van der Waals surface area (Å²) in [6.45, 7) is 6.99. The second kappa shape index (κ2) is 11.8. The molecule has 0 atom stereocenters. The lowest BCUT2D eigenvalue weighted by atomic mass is 10.1. The van der Waals surface area contributed by atoms with Crippen molar-refractivity contribution in [3.05, 3.63) is 90.0 Å². The number of para-hydroxylation sites is 2. The third-order valence-electron chi connectivity index (χ3n) is 4.75. The van der Waals surface area contributed by atoms with Crippen molar-refractivity contribution in [1.82, 2.24) is 0 Å². The van der Waals surface area contributed by atoms with Gasteiger partial charge in [-0.1, -0.05) is 54.3 Å². The lowest BCUT2D eigenvalue weighted by Crippen LogP contribution is -2.27. The van der Waals surface area contributed by atoms with E-state index in [2.05, 4.69) is 11.8 Å². The van der Waals surface area contributed by atoms with E-state index in [1.165, 1.54) is 4.90 Å². The summed E-state index contributed by atoms with van der Waals surface area (Å²) in [6.07, 6.45) is -0.525. The van der Waals surface area contributed by atoms with Crippen molar-refractivity contribution < 1.29 is 23.8 Å². The maximum absolute atomic E-state index is 12.9. The van der Waals surface area contributed by atoms with Gasteiger partial charge in [-0.05, 0) is 64.1 Å². The van der Waals surface area contributed by atoms with Crippen molar-refractivity contribution in [3.63, 3.8) is 0 Å². The highest BCUT2D eigenvalue weighted by molar-refractivity contribution is 5.96. The van der Waals surface area contributed by atoms with Crippen LogP contribution in [0.3, 0.4) is 0 Å². The summed E-state index contributed by atoms with van der Waals surface area (Å²) < 4.78 is 16.3. The molecule has 6 nitrogen and oxygen atoms in total. The molecule has 0 N–H and O–H groups in total. The van der Waals surface area contributed by atoms with Gasteiger partial charge in [-0.15, -0.1) is 0 Å². The Morgan fingerprint density at radius 2 is 1.46 bits per heavy atom. The standard InChI is InChI=1S/C29H29NO5/c1-22-23(13-11-19-26(22)34-21-27(31)35-29(2,3)4)14-12-20-33-28(32)30(24-15-7-5-8-16-24)25-17-9-6-10-18-25/h5-11,13,15-19H,20-21H2,1-4H3. The summed E-state index contributed by atoms with van der Waals surface area (Å²) in [4.78, 5) is 26.3. The fourth-order valence-electron chi connectivity index (χ4n) is 3.22. The van der Waals surface area contributed by atoms with E-state index >= 15 is 0 Å². The molecule has 6 heteroatoms. The highest BCUT2D eigenvalue weighted by Crippen LogP contribution is 2.26. The molecule has 0 fully saturated rings. The van der Waals surface area contributed by atoms with Crippen LogP contribution in [0.15, 0.2) is 78.9 Å². The van der Waals surface area contributed by atoms with E-state index in [1.54, 1.807) is 32.9 Å². The van der Waals surface area contributed by atoms with Crippen LogP contribution in [0.2, 0.25) is 0 Å². The molecule has 0 spiro atoms. The summed E-state index contributed by atoms with van der Waals surface area (Å²) in [7, 11) is 0. The van der Waals surface area contributed by atoms with Crippen molar-refractivity contribution in [2.45, 2.75) is 33.3 Å². The van der Waals surface area contributed by atoms with Crippen LogP contribution in [0.4, 0.5) is 16.2 Å². The largest absolute Gasteiger partial charge is 0.482 e. The quantitative estimate of drug-likeness (QED) is 0.324. The SMILES string of the molecule is Cc1c(C#CCOC(=O)N(c2ccccc2)c2ccccc2)cccc1OCC(=O)OC(C)(C)C. The van der Waals surface area contributed by atoms with Gasteiger partial charge in [0.15, 0.2) is 13.2 Å². The fraction of sp³-hybridized carbons (Fsp3) is 0.241. The van der Waals surface area contributed by atoms with E-state index in [0.717, 1.165) is 5.56 Å². The first-order valence-corrected chi connectivity index (χ1v) is 11.2. The number of esters is 1. The van der Waals surface area contributed by atoms with E-state index in [1.807, 2.05) is 73.7 Å². The van der Waals surface area contributed by atoms with Crippen LogP contribution in [-0.2, 0) is 14.3 Å². The van der Waals surface area contributed by atoms with E-state index in [-0.39, 0.29) is 13.2 Å². The number of carbonyl (C=O) groups is 2. The molecule has 0 saturated carbocycles. The molecule has 3 aromatic rings. The normalized spacial score (nSPS) is 10.5. The van der Waals surface area contributed by atoms with Gasteiger partial charge in [0.2, 0.25) is 0 Å². The number of carbonyl (C=O) groups excluding carboxylic acids is 2. The minimum Gasteiger partial charge on any atom is -0.482 e.